The number of nitrogens with one attached hydrogen (secondary N) is 1. The summed E-state index contributed by atoms with van der Waals surface area (Å²) in [6.45, 7) is 1.30. The molecule has 1 aliphatic heterocycles. The number of rotatable bonds is 3. The molecule has 7 heteroatoms. The van der Waals surface area contributed by atoms with E-state index < -0.39 is 5.97 Å². The van der Waals surface area contributed by atoms with Crippen molar-refractivity contribution in [1.82, 2.24) is 4.90 Å². The number of carbonyl (C=O) groups excluding carboxylic acids is 1. The van der Waals surface area contributed by atoms with Crippen LogP contribution in [-0.2, 0) is 4.74 Å². The van der Waals surface area contributed by atoms with Gasteiger partial charge < -0.3 is 20.1 Å². The van der Waals surface area contributed by atoms with E-state index in [1.54, 1.807) is 11.9 Å². The topological polar surface area (TPSA) is 78.9 Å². The fourth-order valence-electron chi connectivity index (χ4n) is 2.19. The minimum absolute atomic E-state index is 0.0794. The molecule has 1 heterocycles. The average Bonchev–Trinajstić information content (AvgIpc) is 2.49. The number of carbonyl (C=O) groups is 2. The quantitative estimate of drug-likeness (QED) is 0.899. The summed E-state index contributed by atoms with van der Waals surface area (Å²) >= 11 is 5.99. The van der Waals surface area contributed by atoms with Crippen LogP contribution in [-0.4, -0.2) is 48.3 Å². The van der Waals surface area contributed by atoms with Crippen LogP contribution in [0.25, 0.3) is 0 Å². The lowest BCUT2D eigenvalue weighted by Gasteiger charge is -2.31. The molecule has 1 aromatic carbocycles. The fraction of sp³-hybridized carbons (Fsp3) is 0.429. The van der Waals surface area contributed by atoms with E-state index in [0.29, 0.717) is 18.9 Å². The van der Waals surface area contributed by atoms with Crippen molar-refractivity contribution in [3.05, 3.63) is 28.8 Å². The standard InChI is InChI=1S/C14H17ClN2O4/c1-17(10-4-6-21-7-5-10)14(20)16-12-3-2-9(13(18)19)8-11(12)15/h2-3,8,10H,4-7H2,1H3,(H,16,20)(H,18,19). The van der Waals surface area contributed by atoms with Gasteiger partial charge in [0.05, 0.1) is 16.3 Å². The van der Waals surface area contributed by atoms with Gasteiger partial charge in [0.25, 0.3) is 0 Å². The van der Waals surface area contributed by atoms with E-state index in [2.05, 4.69) is 5.32 Å². The third-order valence-corrected chi connectivity index (χ3v) is 3.83. The number of urea groups is 1. The van der Waals surface area contributed by atoms with Crippen molar-refractivity contribution in [3.8, 4) is 0 Å². The van der Waals surface area contributed by atoms with Gasteiger partial charge in [0, 0.05) is 26.3 Å². The molecule has 2 amide bonds. The molecule has 1 aromatic rings. The molecule has 0 atom stereocenters. The van der Waals surface area contributed by atoms with Gasteiger partial charge in [-0.2, -0.15) is 0 Å². The second-order valence-corrected chi connectivity index (χ2v) is 5.29. The Hall–Kier alpha value is -1.79. The second kappa shape index (κ2) is 6.78. The van der Waals surface area contributed by atoms with Gasteiger partial charge in [-0.1, -0.05) is 11.6 Å². The molecule has 114 valence electrons. The summed E-state index contributed by atoms with van der Waals surface area (Å²) in [5.74, 6) is -1.06. The van der Waals surface area contributed by atoms with Crippen molar-refractivity contribution in [1.29, 1.82) is 0 Å². The zero-order valence-electron chi connectivity index (χ0n) is 11.6. The molecule has 2 N–H and O–H groups in total. The predicted molar refractivity (Wildman–Crippen MR) is 79.0 cm³/mol. The molecule has 1 aliphatic rings. The minimum atomic E-state index is -1.06. The summed E-state index contributed by atoms with van der Waals surface area (Å²) in [6, 6.07) is 4.07. The predicted octanol–water partition coefficient (Wildman–Crippen LogP) is 2.68. The summed E-state index contributed by atoms with van der Waals surface area (Å²) in [6.07, 6.45) is 1.60. The number of halogens is 1. The summed E-state index contributed by atoms with van der Waals surface area (Å²) in [7, 11) is 1.73. The van der Waals surface area contributed by atoms with E-state index in [4.69, 9.17) is 21.4 Å². The highest BCUT2D eigenvalue weighted by Crippen LogP contribution is 2.24. The SMILES string of the molecule is CN(C(=O)Nc1ccc(C(=O)O)cc1Cl)C1CCOCC1. The van der Waals surface area contributed by atoms with Crippen LogP contribution in [0.1, 0.15) is 23.2 Å². The van der Waals surface area contributed by atoms with Crippen LogP contribution in [0.5, 0.6) is 0 Å². The molecule has 1 fully saturated rings. The molecular formula is C14H17ClN2O4. The smallest absolute Gasteiger partial charge is 0.335 e. The highest BCUT2D eigenvalue weighted by Gasteiger charge is 2.23. The largest absolute Gasteiger partial charge is 0.478 e. The summed E-state index contributed by atoms with van der Waals surface area (Å²) < 4.78 is 5.27. The number of amides is 2. The van der Waals surface area contributed by atoms with Crippen LogP contribution in [0.15, 0.2) is 18.2 Å². The van der Waals surface area contributed by atoms with Crippen molar-refractivity contribution in [2.24, 2.45) is 0 Å². The molecule has 0 radical (unpaired) electrons. The Morgan fingerprint density at radius 1 is 1.38 bits per heavy atom. The number of aromatic carboxylic acids is 1. The van der Waals surface area contributed by atoms with E-state index in [-0.39, 0.29) is 22.7 Å². The van der Waals surface area contributed by atoms with Gasteiger partial charge in [0.15, 0.2) is 0 Å². The summed E-state index contributed by atoms with van der Waals surface area (Å²) in [4.78, 5) is 24.6. The number of hydrogen-bond donors (Lipinski definition) is 2. The molecule has 0 bridgehead atoms. The van der Waals surface area contributed by atoms with Crippen LogP contribution in [0.4, 0.5) is 10.5 Å². The molecule has 0 aliphatic carbocycles. The average molecular weight is 313 g/mol. The first kappa shape index (κ1) is 15.6. The lowest BCUT2D eigenvalue weighted by atomic mass is 10.1. The minimum Gasteiger partial charge on any atom is -0.478 e. The number of hydrogen-bond acceptors (Lipinski definition) is 3. The fourth-order valence-corrected chi connectivity index (χ4v) is 2.42. The molecular weight excluding hydrogens is 296 g/mol. The van der Waals surface area contributed by atoms with Crippen LogP contribution < -0.4 is 5.32 Å². The van der Waals surface area contributed by atoms with E-state index >= 15 is 0 Å². The van der Waals surface area contributed by atoms with E-state index in [0.717, 1.165) is 12.8 Å². The van der Waals surface area contributed by atoms with Gasteiger partial charge in [-0.15, -0.1) is 0 Å². The number of carboxylic acid groups (broad SMARTS) is 1. The Labute approximate surface area is 127 Å². The number of carboxylic acids is 1. The van der Waals surface area contributed by atoms with Crippen LogP contribution in [0.3, 0.4) is 0 Å². The first-order valence-corrected chi connectivity index (χ1v) is 7.01. The highest BCUT2D eigenvalue weighted by atomic mass is 35.5. The third kappa shape index (κ3) is 3.86. The van der Waals surface area contributed by atoms with Gasteiger partial charge in [0.2, 0.25) is 0 Å². The summed E-state index contributed by atoms with van der Waals surface area (Å²) in [5, 5.41) is 11.8. The van der Waals surface area contributed by atoms with E-state index in [1.807, 2.05) is 0 Å². The van der Waals surface area contributed by atoms with Crippen molar-refractivity contribution < 1.29 is 19.4 Å². The van der Waals surface area contributed by atoms with E-state index in [1.165, 1.54) is 18.2 Å². The lowest BCUT2D eigenvalue weighted by molar-refractivity contribution is 0.0544. The molecule has 0 saturated carbocycles. The van der Waals surface area contributed by atoms with Crippen LogP contribution in [0, 0.1) is 0 Å². The van der Waals surface area contributed by atoms with Gasteiger partial charge in [0.1, 0.15) is 0 Å². The van der Waals surface area contributed by atoms with Crippen molar-refractivity contribution in [3.63, 3.8) is 0 Å². The molecule has 1 saturated heterocycles. The van der Waals surface area contributed by atoms with Crippen molar-refractivity contribution in [2.75, 3.05) is 25.6 Å². The first-order chi connectivity index (χ1) is 9.99. The maximum absolute atomic E-state index is 12.2. The van der Waals surface area contributed by atoms with E-state index in [9.17, 15) is 9.59 Å². The molecule has 6 nitrogen and oxygen atoms in total. The Morgan fingerprint density at radius 2 is 2.05 bits per heavy atom. The molecule has 0 spiro atoms. The van der Waals surface area contributed by atoms with Crippen molar-refractivity contribution >= 4 is 29.3 Å². The zero-order valence-corrected chi connectivity index (χ0v) is 12.4. The number of ether oxygens (including phenoxy) is 1. The van der Waals surface area contributed by atoms with Gasteiger partial charge in [-0.05, 0) is 31.0 Å². The van der Waals surface area contributed by atoms with Gasteiger partial charge >= 0.3 is 12.0 Å². The Bertz CT molecular complexity index is 544. The van der Waals surface area contributed by atoms with Crippen molar-refractivity contribution in [2.45, 2.75) is 18.9 Å². The molecule has 2 rings (SSSR count). The second-order valence-electron chi connectivity index (χ2n) is 4.88. The number of anilines is 1. The van der Waals surface area contributed by atoms with Crippen LogP contribution in [0.2, 0.25) is 5.02 Å². The molecule has 0 aromatic heterocycles. The Morgan fingerprint density at radius 3 is 2.62 bits per heavy atom. The van der Waals surface area contributed by atoms with Crippen LogP contribution >= 0.6 is 11.6 Å². The van der Waals surface area contributed by atoms with Gasteiger partial charge in [-0.25, -0.2) is 9.59 Å². The first-order valence-electron chi connectivity index (χ1n) is 6.63. The monoisotopic (exact) mass is 312 g/mol. The Kier molecular flexibility index (Phi) is 5.03. The third-order valence-electron chi connectivity index (χ3n) is 3.52. The zero-order chi connectivity index (χ0) is 15.4. The molecule has 0 unspecified atom stereocenters. The maximum Gasteiger partial charge on any atom is 0.335 e. The molecule has 21 heavy (non-hydrogen) atoms. The summed E-state index contributed by atoms with van der Waals surface area (Å²) in [5.41, 5.74) is 0.473. The highest BCUT2D eigenvalue weighted by molar-refractivity contribution is 6.34. The van der Waals surface area contributed by atoms with Gasteiger partial charge in [-0.3, -0.25) is 0 Å². The lowest BCUT2D eigenvalue weighted by Crippen LogP contribution is -2.42. The number of benzene rings is 1. The number of nitrogens with zero attached hydrogens (tertiary/aromatic N) is 1. The maximum atomic E-state index is 12.2. The normalized spacial score (nSPS) is 15.5. The Balaban J connectivity index is 2.03.